The van der Waals surface area contributed by atoms with Crippen LogP contribution in [0.1, 0.15) is 78.5 Å². The number of hydrogen-bond acceptors (Lipinski definition) is 5. The number of rotatable bonds is 10. The molecule has 9 heteroatoms. The van der Waals surface area contributed by atoms with Crippen molar-refractivity contribution < 1.29 is 24.2 Å². The Morgan fingerprint density at radius 3 is 2.23 bits per heavy atom. The summed E-state index contributed by atoms with van der Waals surface area (Å²) in [5.74, 6) is -0.621. The minimum Gasteiger partial charge on any atom is -0.508 e. The minimum absolute atomic E-state index is 0.0404. The summed E-state index contributed by atoms with van der Waals surface area (Å²) in [7, 11) is 0. The summed E-state index contributed by atoms with van der Waals surface area (Å²) in [4.78, 5) is 42.0. The normalized spacial score (nSPS) is 13.8. The van der Waals surface area contributed by atoms with E-state index < -0.39 is 35.6 Å². The number of anilines is 1. The summed E-state index contributed by atoms with van der Waals surface area (Å²) in [6, 6.07) is 9.06. The molecule has 0 radical (unpaired) electrons. The van der Waals surface area contributed by atoms with Crippen molar-refractivity contribution >= 4 is 35.2 Å². The molecule has 2 aromatic rings. The average molecular weight is 560 g/mol. The predicted octanol–water partition coefficient (Wildman–Crippen LogP) is 6.60. The summed E-state index contributed by atoms with van der Waals surface area (Å²) in [5.41, 5.74) is 0.882. The highest BCUT2D eigenvalue weighted by Crippen LogP contribution is 2.32. The first-order chi connectivity index (χ1) is 18.1. The Kier molecular flexibility index (Phi) is 11.2. The summed E-state index contributed by atoms with van der Waals surface area (Å²) >= 11 is 6.40. The van der Waals surface area contributed by atoms with Crippen LogP contribution in [0.25, 0.3) is 0 Å². The molecule has 8 nitrogen and oxygen atoms in total. The first-order valence-corrected chi connectivity index (χ1v) is 13.6. The summed E-state index contributed by atoms with van der Waals surface area (Å²) in [6.45, 7) is 14.6. The number of carbonyl (C=O) groups excluding carboxylic acids is 3. The molecule has 3 N–H and O–H groups in total. The van der Waals surface area contributed by atoms with Crippen molar-refractivity contribution in [3.05, 3.63) is 58.6 Å². The van der Waals surface area contributed by atoms with Crippen molar-refractivity contribution in [1.82, 2.24) is 10.2 Å². The molecule has 214 valence electrons. The number of hydrogen-bond donors (Lipinski definition) is 3. The number of amides is 3. The van der Waals surface area contributed by atoms with Gasteiger partial charge in [0.15, 0.2) is 0 Å². The van der Waals surface area contributed by atoms with E-state index in [9.17, 15) is 19.5 Å². The molecule has 0 aliphatic heterocycles. The smallest absolute Gasteiger partial charge is 0.408 e. The molecule has 3 unspecified atom stereocenters. The number of para-hydroxylation sites is 1. The van der Waals surface area contributed by atoms with Crippen molar-refractivity contribution in [2.24, 2.45) is 5.92 Å². The molecule has 0 aliphatic carbocycles. The van der Waals surface area contributed by atoms with E-state index in [0.717, 1.165) is 12.0 Å². The number of alkyl carbamates (subject to hydrolysis) is 1. The number of benzene rings is 2. The Labute approximate surface area is 237 Å². The average Bonchev–Trinajstić information content (AvgIpc) is 2.81. The fraction of sp³-hybridized carbons (Fsp3) is 0.500. The lowest BCUT2D eigenvalue weighted by molar-refractivity contribution is -0.143. The minimum atomic E-state index is -1.12. The maximum Gasteiger partial charge on any atom is 0.408 e. The quantitative estimate of drug-likeness (QED) is 0.304. The third kappa shape index (κ3) is 9.46. The summed E-state index contributed by atoms with van der Waals surface area (Å²) in [5, 5.41) is 16.1. The lowest BCUT2D eigenvalue weighted by atomic mass is 9.97. The van der Waals surface area contributed by atoms with Crippen LogP contribution in [0.2, 0.25) is 5.02 Å². The van der Waals surface area contributed by atoms with Gasteiger partial charge in [0.05, 0.1) is 10.7 Å². The first-order valence-electron chi connectivity index (χ1n) is 13.3. The number of halogens is 1. The molecule has 0 fully saturated rings. The molecule has 39 heavy (non-hydrogen) atoms. The zero-order valence-electron chi connectivity index (χ0n) is 24.2. The molecular formula is C30H42ClN3O5. The molecule has 0 heterocycles. The van der Waals surface area contributed by atoms with Gasteiger partial charge in [-0.05, 0) is 89.6 Å². The fourth-order valence-electron chi connectivity index (χ4n) is 4.20. The van der Waals surface area contributed by atoms with E-state index in [2.05, 4.69) is 24.5 Å². The van der Waals surface area contributed by atoms with Crippen LogP contribution in [0, 0.1) is 12.8 Å². The molecule has 0 saturated heterocycles. The highest BCUT2D eigenvalue weighted by atomic mass is 35.5. The Bertz CT molecular complexity index is 1140. The van der Waals surface area contributed by atoms with Gasteiger partial charge >= 0.3 is 6.09 Å². The number of nitrogens with zero attached hydrogens (tertiary/aromatic N) is 1. The van der Waals surface area contributed by atoms with E-state index in [0.29, 0.717) is 28.6 Å². The molecule has 0 bridgehead atoms. The van der Waals surface area contributed by atoms with Gasteiger partial charge in [0.25, 0.3) is 5.91 Å². The topological polar surface area (TPSA) is 108 Å². The Morgan fingerprint density at radius 1 is 1.03 bits per heavy atom. The van der Waals surface area contributed by atoms with Crippen LogP contribution in [0.15, 0.2) is 42.5 Å². The van der Waals surface area contributed by atoms with Gasteiger partial charge in [0.1, 0.15) is 23.4 Å². The van der Waals surface area contributed by atoms with E-state index >= 15 is 0 Å². The van der Waals surface area contributed by atoms with Gasteiger partial charge < -0.3 is 25.4 Å². The summed E-state index contributed by atoms with van der Waals surface area (Å²) < 4.78 is 5.34. The number of aryl methyl sites for hydroxylation is 1. The van der Waals surface area contributed by atoms with Crippen molar-refractivity contribution in [3.63, 3.8) is 0 Å². The molecule has 2 aromatic carbocycles. The van der Waals surface area contributed by atoms with E-state index in [4.69, 9.17) is 16.3 Å². The van der Waals surface area contributed by atoms with Crippen LogP contribution in [0.4, 0.5) is 10.5 Å². The second-order valence-electron chi connectivity index (χ2n) is 11.4. The van der Waals surface area contributed by atoms with Crippen LogP contribution in [0.3, 0.4) is 0 Å². The Morgan fingerprint density at radius 2 is 1.67 bits per heavy atom. The second kappa shape index (κ2) is 13.7. The Hall–Kier alpha value is -3.26. The van der Waals surface area contributed by atoms with Gasteiger partial charge in [-0.15, -0.1) is 0 Å². The van der Waals surface area contributed by atoms with Crippen molar-refractivity contribution in [2.75, 3.05) is 5.32 Å². The number of carbonyl (C=O) groups is 3. The standard InChI is InChI=1S/C30H42ClN3O5/c1-18(2)15-16-20(4)34(28(37)21(5)32-29(38)39-30(6,7)8)26(22-12-10-13-23(35)17-22)27(36)33-25-19(3)11-9-14-24(25)31/h9-14,17-18,20-21,26,35H,15-16H2,1-8H3,(H,32,38)(H,33,36). The Balaban J connectivity index is 2.56. The number of ether oxygens (including phenoxy) is 1. The maximum atomic E-state index is 14.0. The molecule has 3 atom stereocenters. The van der Waals surface area contributed by atoms with Gasteiger partial charge in [-0.25, -0.2) is 4.79 Å². The van der Waals surface area contributed by atoms with Crippen molar-refractivity contribution in [2.45, 2.75) is 92.0 Å². The zero-order chi connectivity index (χ0) is 29.5. The van der Waals surface area contributed by atoms with Gasteiger partial charge in [-0.3, -0.25) is 9.59 Å². The van der Waals surface area contributed by atoms with Crippen LogP contribution in [-0.4, -0.2) is 45.6 Å². The SMILES string of the molecule is Cc1cccc(Cl)c1NC(=O)C(c1cccc(O)c1)N(C(=O)C(C)NC(=O)OC(C)(C)C)C(C)CCC(C)C. The van der Waals surface area contributed by atoms with Crippen molar-refractivity contribution in [1.29, 1.82) is 0 Å². The van der Waals surface area contributed by atoms with Crippen LogP contribution in [0.5, 0.6) is 5.75 Å². The van der Waals surface area contributed by atoms with Gasteiger partial charge in [0.2, 0.25) is 5.91 Å². The van der Waals surface area contributed by atoms with Gasteiger partial charge in [-0.1, -0.05) is 49.7 Å². The molecule has 2 rings (SSSR count). The van der Waals surface area contributed by atoms with E-state index in [1.54, 1.807) is 52.0 Å². The maximum absolute atomic E-state index is 14.0. The number of nitrogens with one attached hydrogen (secondary N) is 2. The highest BCUT2D eigenvalue weighted by molar-refractivity contribution is 6.34. The van der Waals surface area contributed by atoms with Gasteiger partial charge in [0, 0.05) is 6.04 Å². The summed E-state index contributed by atoms with van der Waals surface area (Å²) in [6.07, 6.45) is 0.704. The predicted molar refractivity (Wildman–Crippen MR) is 155 cm³/mol. The molecule has 0 aromatic heterocycles. The van der Waals surface area contributed by atoms with Crippen LogP contribution >= 0.6 is 11.6 Å². The van der Waals surface area contributed by atoms with E-state index in [-0.39, 0.29) is 11.8 Å². The van der Waals surface area contributed by atoms with E-state index in [1.165, 1.54) is 17.0 Å². The number of phenolic OH excluding ortho intramolecular Hbond substituents is 1. The molecular weight excluding hydrogens is 518 g/mol. The third-order valence-corrected chi connectivity index (χ3v) is 6.49. The molecule has 0 saturated carbocycles. The largest absolute Gasteiger partial charge is 0.508 e. The van der Waals surface area contributed by atoms with Crippen LogP contribution < -0.4 is 10.6 Å². The molecule has 0 aliphatic rings. The first kappa shape index (κ1) is 32.0. The number of phenols is 1. The zero-order valence-corrected chi connectivity index (χ0v) is 24.9. The van der Waals surface area contributed by atoms with Gasteiger partial charge in [-0.2, -0.15) is 0 Å². The monoisotopic (exact) mass is 559 g/mol. The lowest BCUT2D eigenvalue weighted by Gasteiger charge is -2.38. The van der Waals surface area contributed by atoms with E-state index in [1.807, 2.05) is 19.9 Å². The lowest BCUT2D eigenvalue weighted by Crippen LogP contribution is -2.54. The molecule has 0 spiro atoms. The van der Waals surface area contributed by atoms with Crippen molar-refractivity contribution in [3.8, 4) is 5.75 Å². The van der Waals surface area contributed by atoms with Crippen LogP contribution in [-0.2, 0) is 14.3 Å². The number of aromatic hydroxyl groups is 1. The second-order valence-corrected chi connectivity index (χ2v) is 11.8. The fourth-order valence-corrected chi connectivity index (χ4v) is 4.47. The molecule has 3 amide bonds. The highest BCUT2D eigenvalue weighted by Gasteiger charge is 2.38. The third-order valence-electron chi connectivity index (χ3n) is 6.18.